The molecule has 0 aliphatic carbocycles. The molecule has 0 atom stereocenters. The third-order valence-electron chi connectivity index (χ3n) is 5.40. The molecule has 7 heteroatoms. The molecular formula is C21H27N5O2. The van der Waals surface area contributed by atoms with E-state index in [-0.39, 0.29) is 11.6 Å². The van der Waals surface area contributed by atoms with Gasteiger partial charge in [-0.25, -0.2) is 9.97 Å². The molecule has 1 aliphatic rings. The number of hydrogen-bond acceptors (Lipinski definition) is 6. The molecule has 0 saturated carbocycles. The lowest BCUT2D eigenvalue weighted by molar-refractivity contribution is 0.255. The molecule has 0 amide bonds. The Kier molecular flexibility index (Phi) is 5.17. The van der Waals surface area contributed by atoms with Crippen LogP contribution in [0.4, 0.5) is 5.69 Å². The Morgan fingerprint density at radius 1 is 1.14 bits per heavy atom. The summed E-state index contributed by atoms with van der Waals surface area (Å²) < 4.78 is 7.23. The molecule has 0 spiro atoms. The summed E-state index contributed by atoms with van der Waals surface area (Å²) in [5.41, 5.74) is 1.92. The molecule has 1 saturated heterocycles. The van der Waals surface area contributed by atoms with Crippen LogP contribution in [-0.2, 0) is 6.42 Å². The van der Waals surface area contributed by atoms with Crippen molar-refractivity contribution in [2.75, 3.05) is 37.6 Å². The first-order valence-electron chi connectivity index (χ1n) is 9.91. The molecule has 4 rings (SSSR count). The van der Waals surface area contributed by atoms with Crippen LogP contribution >= 0.6 is 0 Å². The number of anilines is 1. The van der Waals surface area contributed by atoms with E-state index >= 15 is 0 Å². The Hall–Kier alpha value is -2.67. The molecule has 28 heavy (non-hydrogen) atoms. The Balaban J connectivity index is 1.40. The molecule has 0 bridgehead atoms. The highest BCUT2D eigenvalue weighted by Crippen LogP contribution is 2.21. The number of fused-ring (bicyclic) bond motifs is 1. The standard InChI is InChI=1S/C21H27N5O2/c1-15(2)26-14-23-20-12-17(4-5-19(20)21(26)27)25-10-8-24(9-11-25)7-6-18-13-22-16(3)28-18/h4-5,12-15H,6-11H2,1-3H3. The minimum Gasteiger partial charge on any atom is -0.446 e. The highest BCUT2D eigenvalue weighted by atomic mass is 16.4. The van der Waals surface area contributed by atoms with Crippen LogP contribution in [0.25, 0.3) is 10.9 Å². The molecule has 1 fully saturated rings. The zero-order valence-electron chi connectivity index (χ0n) is 16.8. The number of nitrogens with zero attached hydrogens (tertiary/aromatic N) is 5. The zero-order valence-corrected chi connectivity index (χ0v) is 16.8. The van der Waals surface area contributed by atoms with Crippen molar-refractivity contribution < 1.29 is 4.42 Å². The first-order chi connectivity index (χ1) is 13.5. The minimum absolute atomic E-state index is 0.0269. The van der Waals surface area contributed by atoms with Crippen LogP contribution < -0.4 is 10.5 Å². The predicted molar refractivity (Wildman–Crippen MR) is 110 cm³/mol. The van der Waals surface area contributed by atoms with Crippen molar-refractivity contribution in [3.63, 3.8) is 0 Å². The molecule has 3 heterocycles. The molecule has 1 aliphatic heterocycles. The molecule has 148 valence electrons. The van der Waals surface area contributed by atoms with Gasteiger partial charge in [0.1, 0.15) is 5.76 Å². The minimum atomic E-state index is 0.0269. The summed E-state index contributed by atoms with van der Waals surface area (Å²) in [6.07, 6.45) is 4.37. The topological polar surface area (TPSA) is 67.4 Å². The van der Waals surface area contributed by atoms with Gasteiger partial charge in [-0.05, 0) is 32.0 Å². The van der Waals surface area contributed by atoms with E-state index in [9.17, 15) is 4.79 Å². The van der Waals surface area contributed by atoms with Gasteiger partial charge in [-0.2, -0.15) is 0 Å². The first-order valence-corrected chi connectivity index (χ1v) is 9.91. The SMILES string of the molecule is Cc1ncc(CCN2CCN(c3ccc4c(=O)n(C(C)C)cnc4c3)CC2)o1. The number of hydrogen-bond donors (Lipinski definition) is 0. The molecule has 0 N–H and O–H groups in total. The molecule has 0 radical (unpaired) electrons. The second kappa shape index (κ2) is 7.75. The van der Waals surface area contributed by atoms with Crippen molar-refractivity contribution >= 4 is 16.6 Å². The lowest BCUT2D eigenvalue weighted by Gasteiger charge is -2.36. The summed E-state index contributed by atoms with van der Waals surface area (Å²) >= 11 is 0. The number of benzene rings is 1. The van der Waals surface area contributed by atoms with Gasteiger partial charge in [-0.3, -0.25) is 14.3 Å². The third kappa shape index (κ3) is 3.80. The van der Waals surface area contributed by atoms with Gasteiger partial charge in [-0.15, -0.1) is 0 Å². The quantitative estimate of drug-likeness (QED) is 0.677. The average molecular weight is 381 g/mol. The number of oxazole rings is 1. The second-order valence-corrected chi connectivity index (χ2v) is 7.68. The van der Waals surface area contributed by atoms with Crippen LogP contribution in [0.15, 0.2) is 39.9 Å². The molecule has 0 unspecified atom stereocenters. The predicted octanol–water partition coefficient (Wildman–Crippen LogP) is 2.64. The van der Waals surface area contributed by atoms with E-state index in [1.165, 1.54) is 0 Å². The van der Waals surface area contributed by atoms with Crippen LogP contribution in [0, 0.1) is 6.92 Å². The first kappa shape index (κ1) is 18.7. The fraction of sp³-hybridized carbons (Fsp3) is 0.476. The lowest BCUT2D eigenvalue weighted by Crippen LogP contribution is -2.47. The Morgan fingerprint density at radius 2 is 1.93 bits per heavy atom. The fourth-order valence-electron chi connectivity index (χ4n) is 3.71. The summed E-state index contributed by atoms with van der Waals surface area (Å²) in [5.74, 6) is 1.68. The van der Waals surface area contributed by atoms with Crippen molar-refractivity contribution in [2.45, 2.75) is 33.2 Å². The molecule has 2 aromatic heterocycles. The van der Waals surface area contributed by atoms with Crippen LogP contribution in [0.3, 0.4) is 0 Å². The maximum Gasteiger partial charge on any atom is 0.261 e. The van der Waals surface area contributed by atoms with Crippen LogP contribution in [0.5, 0.6) is 0 Å². The molecule has 7 nitrogen and oxygen atoms in total. The van der Waals surface area contributed by atoms with Crippen molar-refractivity contribution in [2.24, 2.45) is 0 Å². The highest BCUT2D eigenvalue weighted by molar-refractivity contribution is 5.81. The Labute approximate surface area is 164 Å². The van der Waals surface area contributed by atoms with Gasteiger partial charge in [-0.1, -0.05) is 0 Å². The maximum absolute atomic E-state index is 12.6. The maximum atomic E-state index is 12.6. The van der Waals surface area contributed by atoms with Crippen molar-refractivity contribution in [3.05, 3.63) is 52.7 Å². The van der Waals surface area contributed by atoms with E-state index in [4.69, 9.17) is 4.42 Å². The van der Waals surface area contributed by atoms with E-state index in [2.05, 4.69) is 19.8 Å². The lowest BCUT2D eigenvalue weighted by atomic mass is 10.2. The summed E-state index contributed by atoms with van der Waals surface area (Å²) in [4.78, 5) is 26.1. The third-order valence-corrected chi connectivity index (χ3v) is 5.40. The number of aryl methyl sites for hydroxylation is 1. The largest absolute Gasteiger partial charge is 0.446 e. The van der Waals surface area contributed by atoms with Gasteiger partial charge in [0, 0.05) is 57.8 Å². The summed E-state index contributed by atoms with van der Waals surface area (Å²) in [6, 6.07) is 6.10. The van der Waals surface area contributed by atoms with E-state index in [0.717, 1.165) is 62.0 Å². The normalized spacial score (nSPS) is 15.6. The monoisotopic (exact) mass is 381 g/mol. The summed E-state index contributed by atoms with van der Waals surface area (Å²) in [5, 5.41) is 0.681. The Bertz CT molecular complexity index is 1020. The van der Waals surface area contributed by atoms with Crippen LogP contribution in [-0.4, -0.2) is 52.2 Å². The van der Waals surface area contributed by atoms with Crippen LogP contribution in [0.1, 0.15) is 31.5 Å². The number of rotatable bonds is 5. The van der Waals surface area contributed by atoms with Gasteiger partial charge in [0.15, 0.2) is 5.89 Å². The van der Waals surface area contributed by atoms with Gasteiger partial charge < -0.3 is 9.32 Å². The summed E-state index contributed by atoms with van der Waals surface area (Å²) in [7, 11) is 0. The van der Waals surface area contributed by atoms with E-state index in [1.807, 2.05) is 45.2 Å². The average Bonchev–Trinajstić information content (AvgIpc) is 3.12. The van der Waals surface area contributed by atoms with Crippen molar-refractivity contribution in [1.82, 2.24) is 19.4 Å². The van der Waals surface area contributed by atoms with Gasteiger partial charge in [0.25, 0.3) is 5.56 Å². The molecule has 3 aromatic rings. The zero-order chi connectivity index (χ0) is 19.7. The molecular weight excluding hydrogens is 354 g/mol. The van der Waals surface area contributed by atoms with E-state index < -0.39 is 0 Å². The van der Waals surface area contributed by atoms with Crippen molar-refractivity contribution in [3.8, 4) is 0 Å². The van der Waals surface area contributed by atoms with Crippen LogP contribution in [0.2, 0.25) is 0 Å². The van der Waals surface area contributed by atoms with Gasteiger partial charge >= 0.3 is 0 Å². The number of aromatic nitrogens is 3. The smallest absolute Gasteiger partial charge is 0.261 e. The fourth-order valence-corrected chi connectivity index (χ4v) is 3.71. The molecule has 1 aromatic carbocycles. The second-order valence-electron chi connectivity index (χ2n) is 7.68. The highest BCUT2D eigenvalue weighted by Gasteiger charge is 2.18. The van der Waals surface area contributed by atoms with E-state index in [0.29, 0.717) is 5.39 Å². The van der Waals surface area contributed by atoms with Gasteiger partial charge in [0.2, 0.25) is 0 Å². The number of piperazine rings is 1. The Morgan fingerprint density at radius 3 is 2.61 bits per heavy atom. The van der Waals surface area contributed by atoms with Gasteiger partial charge in [0.05, 0.1) is 23.4 Å². The summed E-state index contributed by atoms with van der Waals surface area (Å²) in [6.45, 7) is 10.8. The van der Waals surface area contributed by atoms with Crippen molar-refractivity contribution in [1.29, 1.82) is 0 Å². The van der Waals surface area contributed by atoms with E-state index in [1.54, 1.807) is 10.9 Å².